The largest absolute Gasteiger partial charge is 0.490 e. The third kappa shape index (κ3) is 6.74. The van der Waals surface area contributed by atoms with Gasteiger partial charge in [-0.3, -0.25) is 4.79 Å². The van der Waals surface area contributed by atoms with Crippen molar-refractivity contribution in [2.45, 2.75) is 13.5 Å². The Kier molecular flexibility index (Phi) is 8.20. The molecule has 6 nitrogen and oxygen atoms in total. The van der Waals surface area contributed by atoms with Gasteiger partial charge in [0.15, 0.2) is 18.1 Å². The molecule has 1 N–H and O–H groups in total. The van der Waals surface area contributed by atoms with Crippen molar-refractivity contribution < 1.29 is 19.1 Å². The van der Waals surface area contributed by atoms with E-state index in [9.17, 15) is 4.79 Å². The summed E-state index contributed by atoms with van der Waals surface area (Å²) in [6.45, 7) is 2.61. The zero-order valence-electron chi connectivity index (χ0n) is 19.2. The zero-order valence-corrected chi connectivity index (χ0v) is 20.0. The number of nitrogens with zero attached hydrogens (tertiary/aromatic N) is 1. The van der Waals surface area contributed by atoms with Gasteiger partial charge in [-0.1, -0.05) is 59.2 Å². The highest BCUT2D eigenvalue weighted by molar-refractivity contribution is 6.30. The fraction of sp³-hybridized carbons (Fsp3) is 0.143. The van der Waals surface area contributed by atoms with Gasteiger partial charge in [0.1, 0.15) is 6.61 Å². The molecule has 0 bridgehead atoms. The number of anilines is 1. The number of benzene rings is 4. The number of fused-ring (bicyclic) bond motifs is 1. The number of carbonyl (C=O) groups is 1. The van der Waals surface area contributed by atoms with Crippen LogP contribution in [0.25, 0.3) is 10.8 Å². The number of ether oxygens (including phenoxy) is 2. The standard InChI is InChI=1S/C28H25ClN2O4/c1-2-33-27-16-20(17-30-35-19-28(32)31-24-13-11-23(29)12-14-24)10-15-26(27)34-18-22-8-5-7-21-6-3-4-9-25(21)22/h3-17H,2,18-19H2,1H3,(H,31,32). The molecule has 0 aromatic heterocycles. The van der Waals surface area contributed by atoms with Gasteiger partial charge in [-0.2, -0.15) is 0 Å². The SMILES string of the molecule is CCOc1cc(C=NOCC(=O)Nc2ccc(Cl)cc2)ccc1OCc1cccc2ccccc12. The van der Waals surface area contributed by atoms with E-state index in [0.29, 0.717) is 35.4 Å². The number of hydrogen-bond acceptors (Lipinski definition) is 5. The minimum absolute atomic E-state index is 0.219. The van der Waals surface area contributed by atoms with Crippen molar-refractivity contribution in [1.29, 1.82) is 0 Å². The monoisotopic (exact) mass is 488 g/mol. The number of halogens is 1. The van der Waals surface area contributed by atoms with Crippen LogP contribution in [-0.2, 0) is 16.2 Å². The van der Waals surface area contributed by atoms with Gasteiger partial charge in [0.05, 0.1) is 12.8 Å². The van der Waals surface area contributed by atoms with Crippen molar-refractivity contribution in [3.05, 3.63) is 101 Å². The summed E-state index contributed by atoms with van der Waals surface area (Å²) in [6.07, 6.45) is 1.52. The molecule has 0 aliphatic heterocycles. The maximum Gasteiger partial charge on any atom is 0.265 e. The number of rotatable bonds is 10. The minimum atomic E-state index is -0.323. The second-order valence-electron chi connectivity index (χ2n) is 7.63. The Morgan fingerprint density at radius 3 is 2.57 bits per heavy atom. The van der Waals surface area contributed by atoms with Crippen LogP contribution in [0.1, 0.15) is 18.1 Å². The predicted octanol–water partition coefficient (Wildman–Crippen LogP) is 6.46. The summed E-state index contributed by atoms with van der Waals surface area (Å²) >= 11 is 5.84. The molecule has 1 amide bonds. The zero-order chi connectivity index (χ0) is 24.5. The van der Waals surface area contributed by atoms with E-state index in [0.717, 1.165) is 16.5 Å². The van der Waals surface area contributed by atoms with Crippen molar-refractivity contribution in [2.24, 2.45) is 5.16 Å². The lowest BCUT2D eigenvalue weighted by Crippen LogP contribution is -2.16. The van der Waals surface area contributed by atoms with Crippen LogP contribution in [0, 0.1) is 0 Å². The maximum absolute atomic E-state index is 12.0. The molecule has 7 heteroatoms. The van der Waals surface area contributed by atoms with E-state index in [-0.39, 0.29) is 12.5 Å². The van der Waals surface area contributed by atoms with Gasteiger partial charge < -0.3 is 19.6 Å². The number of hydrogen-bond donors (Lipinski definition) is 1. The van der Waals surface area contributed by atoms with Crippen molar-refractivity contribution in [2.75, 3.05) is 18.5 Å². The molecule has 178 valence electrons. The normalized spacial score (nSPS) is 10.9. The molecule has 35 heavy (non-hydrogen) atoms. The van der Waals surface area contributed by atoms with E-state index in [2.05, 4.69) is 34.7 Å². The fourth-order valence-electron chi connectivity index (χ4n) is 3.49. The lowest BCUT2D eigenvalue weighted by molar-refractivity contribution is -0.120. The van der Waals surface area contributed by atoms with E-state index in [1.165, 1.54) is 11.6 Å². The lowest BCUT2D eigenvalue weighted by atomic mass is 10.1. The smallest absolute Gasteiger partial charge is 0.265 e. The van der Waals surface area contributed by atoms with E-state index >= 15 is 0 Å². The Hall–Kier alpha value is -4.03. The van der Waals surface area contributed by atoms with Crippen LogP contribution in [0.4, 0.5) is 5.69 Å². The molecule has 4 aromatic carbocycles. The van der Waals surface area contributed by atoms with E-state index in [4.69, 9.17) is 25.9 Å². The van der Waals surface area contributed by atoms with Gasteiger partial charge >= 0.3 is 0 Å². The summed E-state index contributed by atoms with van der Waals surface area (Å²) in [5, 5.41) is 9.53. The topological polar surface area (TPSA) is 69.2 Å². The molecule has 0 aliphatic rings. The summed E-state index contributed by atoms with van der Waals surface area (Å²) in [4.78, 5) is 17.1. The van der Waals surface area contributed by atoms with Crippen LogP contribution >= 0.6 is 11.6 Å². The predicted molar refractivity (Wildman–Crippen MR) is 140 cm³/mol. The van der Waals surface area contributed by atoms with E-state index < -0.39 is 0 Å². The molecule has 0 saturated heterocycles. The first kappa shape index (κ1) is 24.1. The third-order valence-corrected chi connectivity index (χ3v) is 5.38. The number of nitrogens with one attached hydrogen (secondary N) is 1. The summed E-state index contributed by atoms with van der Waals surface area (Å²) in [7, 11) is 0. The Balaban J connectivity index is 1.35. The highest BCUT2D eigenvalue weighted by atomic mass is 35.5. The molecule has 0 spiro atoms. The van der Waals surface area contributed by atoms with Crippen LogP contribution in [0.2, 0.25) is 5.02 Å². The minimum Gasteiger partial charge on any atom is -0.490 e. The Morgan fingerprint density at radius 1 is 0.943 bits per heavy atom. The van der Waals surface area contributed by atoms with Crippen LogP contribution in [0.3, 0.4) is 0 Å². The lowest BCUT2D eigenvalue weighted by Gasteiger charge is -2.13. The van der Waals surface area contributed by atoms with Gasteiger partial charge in [0.2, 0.25) is 0 Å². The van der Waals surface area contributed by atoms with Gasteiger partial charge in [-0.15, -0.1) is 0 Å². The summed E-state index contributed by atoms with van der Waals surface area (Å²) in [5.41, 5.74) is 2.48. The highest BCUT2D eigenvalue weighted by Crippen LogP contribution is 2.30. The highest BCUT2D eigenvalue weighted by Gasteiger charge is 2.08. The van der Waals surface area contributed by atoms with Crippen LogP contribution in [-0.4, -0.2) is 25.3 Å². The van der Waals surface area contributed by atoms with Crippen LogP contribution in [0.15, 0.2) is 90.1 Å². The molecule has 0 radical (unpaired) electrons. The maximum atomic E-state index is 12.0. The Bertz CT molecular complexity index is 1320. The number of oxime groups is 1. The van der Waals surface area contributed by atoms with Gasteiger partial charge in [0.25, 0.3) is 5.91 Å². The van der Waals surface area contributed by atoms with Crippen LogP contribution in [0.5, 0.6) is 11.5 Å². The Morgan fingerprint density at radius 2 is 1.74 bits per heavy atom. The van der Waals surface area contributed by atoms with Crippen LogP contribution < -0.4 is 14.8 Å². The van der Waals surface area contributed by atoms with Crippen molar-refractivity contribution >= 4 is 40.2 Å². The van der Waals surface area contributed by atoms with E-state index in [1.54, 1.807) is 24.3 Å². The van der Waals surface area contributed by atoms with Crippen molar-refractivity contribution in [3.8, 4) is 11.5 Å². The summed E-state index contributed by atoms with van der Waals surface area (Å²) in [6, 6.07) is 26.7. The molecule has 0 fully saturated rings. The van der Waals surface area contributed by atoms with Gasteiger partial charge in [-0.05, 0) is 65.7 Å². The van der Waals surface area contributed by atoms with E-state index in [1.807, 2.05) is 43.3 Å². The molecule has 0 saturated carbocycles. The Labute approximate surface area is 209 Å². The first-order valence-electron chi connectivity index (χ1n) is 11.2. The molecule has 4 aromatic rings. The molecular formula is C28H25ClN2O4. The van der Waals surface area contributed by atoms with Gasteiger partial charge in [0, 0.05) is 16.3 Å². The number of amides is 1. The molecule has 0 aliphatic carbocycles. The van der Waals surface area contributed by atoms with Crippen molar-refractivity contribution in [3.63, 3.8) is 0 Å². The quantitative estimate of drug-likeness (QED) is 0.205. The molecule has 0 heterocycles. The van der Waals surface area contributed by atoms with Gasteiger partial charge in [-0.25, -0.2) is 0 Å². The average molecular weight is 489 g/mol. The molecule has 4 rings (SSSR count). The molecule has 0 atom stereocenters. The number of carbonyl (C=O) groups excluding carboxylic acids is 1. The third-order valence-electron chi connectivity index (χ3n) is 5.13. The summed E-state index contributed by atoms with van der Waals surface area (Å²) in [5.74, 6) is 0.925. The average Bonchev–Trinajstić information content (AvgIpc) is 2.88. The molecule has 0 unspecified atom stereocenters. The fourth-order valence-corrected chi connectivity index (χ4v) is 3.62. The molecular weight excluding hydrogens is 464 g/mol. The first-order valence-corrected chi connectivity index (χ1v) is 11.6. The summed E-state index contributed by atoms with van der Waals surface area (Å²) < 4.78 is 11.9. The second kappa shape index (κ2) is 11.9. The second-order valence-corrected chi connectivity index (χ2v) is 8.07. The van der Waals surface area contributed by atoms with Crippen molar-refractivity contribution in [1.82, 2.24) is 0 Å². The first-order chi connectivity index (χ1) is 17.1.